The highest BCUT2D eigenvalue weighted by atomic mass is 16.6. The molecule has 0 heterocycles. The lowest BCUT2D eigenvalue weighted by Crippen LogP contribution is -2.28. The van der Waals surface area contributed by atoms with Gasteiger partial charge >= 0.3 is 11.9 Å². The van der Waals surface area contributed by atoms with Crippen LogP contribution in [0.1, 0.15) is 60.3 Å². The van der Waals surface area contributed by atoms with Gasteiger partial charge in [0.1, 0.15) is 5.60 Å². The molecular weight excluding hydrogens is 232 g/mol. The average Bonchev–Trinajstić information content (AvgIpc) is 2.20. The zero-order valence-electron chi connectivity index (χ0n) is 12.2. The Morgan fingerprint density at radius 3 is 2.11 bits per heavy atom. The fourth-order valence-corrected chi connectivity index (χ4v) is 1.71. The summed E-state index contributed by atoms with van der Waals surface area (Å²) < 4.78 is 5.27. The molecule has 0 spiro atoms. The van der Waals surface area contributed by atoms with Crippen LogP contribution in [0.25, 0.3) is 0 Å². The lowest BCUT2D eigenvalue weighted by molar-refractivity contribution is -0.160. The molecule has 0 rings (SSSR count). The van der Waals surface area contributed by atoms with E-state index in [9.17, 15) is 9.59 Å². The van der Waals surface area contributed by atoms with Crippen molar-refractivity contribution in [3.63, 3.8) is 0 Å². The lowest BCUT2D eigenvalue weighted by atomic mass is 9.93. The summed E-state index contributed by atoms with van der Waals surface area (Å²) in [6, 6.07) is 0. The summed E-state index contributed by atoms with van der Waals surface area (Å²) in [5.74, 6) is -1.61. The lowest BCUT2D eigenvalue weighted by Gasteiger charge is -2.22. The molecule has 106 valence electrons. The molecular formula is C14H26O4. The number of aliphatic carboxylic acids is 1. The quantitative estimate of drug-likeness (QED) is 0.712. The van der Waals surface area contributed by atoms with Gasteiger partial charge in [0, 0.05) is 0 Å². The zero-order valence-corrected chi connectivity index (χ0v) is 12.2. The summed E-state index contributed by atoms with van der Waals surface area (Å²) >= 11 is 0. The summed E-state index contributed by atoms with van der Waals surface area (Å²) in [7, 11) is 0. The van der Waals surface area contributed by atoms with E-state index in [1.54, 1.807) is 6.92 Å². The van der Waals surface area contributed by atoms with Crippen molar-refractivity contribution in [1.82, 2.24) is 0 Å². The Kier molecular flexibility index (Phi) is 6.96. The van der Waals surface area contributed by atoms with Gasteiger partial charge in [-0.25, -0.2) is 0 Å². The summed E-state index contributed by atoms with van der Waals surface area (Å²) in [6.07, 6.45) is 2.60. The Labute approximate surface area is 110 Å². The van der Waals surface area contributed by atoms with Gasteiger partial charge < -0.3 is 9.84 Å². The molecule has 0 saturated heterocycles. The molecule has 1 N–H and O–H groups in total. The summed E-state index contributed by atoms with van der Waals surface area (Å²) in [5.41, 5.74) is -0.485. The van der Waals surface area contributed by atoms with Crippen molar-refractivity contribution in [2.24, 2.45) is 11.8 Å². The van der Waals surface area contributed by atoms with Crippen LogP contribution in [0, 0.1) is 11.8 Å². The van der Waals surface area contributed by atoms with Gasteiger partial charge in [-0.1, -0.05) is 20.3 Å². The molecule has 0 radical (unpaired) electrons. The van der Waals surface area contributed by atoms with E-state index in [0.29, 0.717) is 19.3 Å². The predicted octanol–water partition coefficient (Wildman–Crippen LogP) is 3.25. The van der Waals surface area contributed by atoms with E-state index < -0.39 is 11.6 Å². The molecule has 4 nitrogen and oxygen atoms in total. The topological polar surface area (TPSA) is 63.6 Å². The first kappa shape index (κ1) is 16.9. The molecule has 18 heavy (non-hydrogen) atoms. The van der Waals surface area contributed by atoms with Crippen LogP contribution in [0.15, 0.2) is 0 Å². The molecule has 0 bridgehead atoms. The molecule has 0 aromatic rings. The molecule has 0 amide bonds. The van der Waals surface area contributed by atoms with E-state index >= 15 is 0 Å². The maximum Gasteiger partial charge on any atom is 0.309 e. The van der Waals surface area contributed by atoms with Crippen LogP contribution in [0.5, 0.6) is 0 Å². The van der Waals surface area contributed by atoms with Gasteiger partial charge in [-0.3, -0.25) is 9.59 Å². The van der Waals surface area contributed by atoms with E-state index in [2.05, 4.69) is 0 Å². The van der Waals surface area contributed by atoms with Crippen LogP contribution in [-0.4, -0.2) is 22.6 Å². The highest BCUT2D eigenvalue weighted by Crippen LogP contribution is 2.20. The van der Waals surface area contributed by atoms with Crippen LogP contribution in [0.3, 0.4) is 0 Å². The Morgan fingerprint density at radius 2 is 1.72 bits per heavy atom. The predicted molar refractivity (Wildman–Crippen MR) is 70.3 cm³/mol. The molecule has 2 atom stereocenters. The number of rotatable bonds is 7. The highest BCUT2D eigenvalue weighted by molar-refractivity contribution is 5.73. The molecule has 4 heteroatoms. The summed E-state index contributed by atoms with van der Waals surface area (Å²) in [6.45, 7) is 9.24. The van der Waals surface area contributed by atoms with Crippen LogP contribution in [0.2, 0.25) is 0 Å². The number of carboxylic acid groups (broad SMARTS) is 1. The molecule has 0 saturated carbocycles. The highest BCUT2D eigenvalue weighted by Gasteiger charge is 2.24. The number of carbonyl (C=O) groups excluding carboxylic acids is 1. The maximum absolute atomic E-state index is 11.7. The number of esters is 1. The molecule has 2 unspecified atom stereocenters. The molecule has 0 aromatic heterocycles. The standard InChI is InChI=1S/C14H26O4/c1-6-7-11(12(15)16)9-8-10(2)13(17)18-14(3,4)5/h10-11H,6-9H2,1-5H3,(H,15,16). The Balaban J connectivity index is 4.19. The van der Waals surface area contributed by atoms with Gasteiger partial charge in [-0.15, -0.1) is 0 Å². The Hall–Kier alpha value is -1.06. The molecule has 0 aliphatic heterocycles. The van der Waals surface area contributed by atoms with Crippen molar-refractivity contribution in [3.8, 4) is 0 Å². The van der Waals surface area contributed by atoms with Gasteiger partial charge in [0.05, 0.1) is 11.8 Å². The molecule has 0 fully saturated rings. The van der Waals surface area contributed by atoms with Crippen molar-refractivity contribution in [3.05, 3.63) is 0 Å². The normalized spacial score (nSPS) is 14.9. The van der Waals surface area contributed by atoms with Crippen molar-refractivity contribution >= 4 is 11.9 Å². The van der Waals surface area contributed by atoms with E-state index in [1.165, 1.54) is 0 Å². The van der Waals surface area contributed by atoms with Gasteiger partial charge in [-0.2, -0.15) is 0 Å². The van der Waals surface area contributed by atoms with Crippen molar-refractivity contribution in [2.75, 3.05) is 0 Å². The van der Waals surface area contributed by atoms with Gasteiger partial charge in [0.25, 0.3) is 0 Å². The minimum absolute atomic E-state index is 0.247. The minimum atomic E-state index is -0.770. The number of ether oxygens (including phenoxy) is 1. The van der Waals surface area contributed by atoms with Crippen LogP contribution < -0.4 is 0 Å². The smallest absolute Gasteiger partial charge is 0.309 e. The van der Waals surface area contributed by atoms with E-state index in [4.69, 9.17) is 9.84 Å². The van der Waals surface area contributed by atoms with Gasteiger partial charge in [0.15, 0.2) is 0 Å². The second-order valence-electron chi connectivity index (χ2n) is 5.84. The van der Waals surface area contributed by atoms with E-state index in [0.717, 1.165) is 6.42 Å². The number of carboxylic acids is 1. The molecule has 0 aliphatic carbocycles. The fourth-order valence-electron chi connectivity index (χ4n) is 1.71. The first-order valence-corrected chi connectivity index (χ1v) is 6.63. The SMILES string of the molecule is CCCC(CCC(C)C(=O)OC(C)(C)C)C(=O)O. The second-order valence-corrected chi connectivity index (χ2v) is 5.84. The van der Waals surface area contributed by atoms with E-state index in [1.807, 2.05) is 27.7 Å². The molecule has 0 aliphatic rings. The number of hydrogen-bond acceptors (Lipinski definition) is 3. The average molecular weight is 258 g/mol. The van der Waals surface area contributed by atoms with Gasteiger partial charge in [-0.05, 0) is 40.0 Å². The van der Waals surface area contributed by atoms with Crippen molar-refractivity contribution in [1.29, 1.82) is 0 Å². The van der Waals surface area contributed by atoms with Crippen LogP contribution >= 0.6 is 0 Å². The third-order valence-electron chi connectivity index (χ3n) is 2.74. The third kappa shape index (κ3) is 7.30. The van der Waals surface area contributed by atoms with Crippen LogP contribution in [-0.2, 0) is 14.3 Å². The first-order chi connectivity index (χ1) is 8.17. The zero-order chi connectivity index (χ0) is 14.3. The summed E-state index contributed by atoms with van der Waals surface area (Å²) in [4.78, 5) is 22.7. The Bertz CT molecular complexity index is 278. The third-order valence-corrected chi connectivity index (χ3v) is 2.74. The largest absolute Gasteiger partial charge is 0.481 e. The van der Waals surface area contributed by atoms with E-state index in [-0.39, 0.29) is 17.8 Å². The monoisotopic (exact) mass is 258 g/mol. The first-order valence-electron chi connectivity index (χ1n) is 6.63. The Morgan fingerprint density at radius 1 is 1.17 bits per heavy atom. The van der Waals surface area contributed by atoms with Crippen LogP contribution in [0.4, 0.5) is 0 Å². The number of hydrogen-bond donors (Lipinski definition) is 1. The van der Waals surface area contributed by atoms with Crippen molar-refractivity contribution < 1.29 is 19.4 Å². The van der Waals surface area contributed by atoms with Gasteiger partial charge in [0.2, 0.25) is 0 Å². The fraction of sp³-hybridized carbons (Fsp3) is 0.857. The number of carbonyl (C=O) groups is 2. The van der Waals surface area contributed by atoms with Crippen molar-refractivity contribution in [2.45, 2.75) is 65.9 Å². The maximum atomic E-state index is 11.7. The minimum Gasteiger partial charge on any atom is -0.481 e. The molecule has 0 aromatic carbocycles. The second kappa shape index (κ2) is 7.39. The summed E-state index contributed by atoms with van der Waals surface area (Å²) in [5, 5.41) is 9.03.